The van der Waals surface area contributed by atoms with Crippen LogP contribution < -0.4 is 17.0 Å². The third-order valence-corrected chi connectivity index (χ3v) is 9.79. The zero-order valence-corrected chi connectivity index (χ0v) is 24.8. The standard InChI is InChI=1S/C21H25N9O11P2S/c22-15-7-1-2-29(16(7)25-5-24-15)19-12(32)13-9(39-19)3-36-42(44)40-14-11(31)8(4-37-43(34,35)41-13)38-20(14)30-6-26-10-17(30)27-21(23)28-18(10)33/h1-2,5-6,8-9,11-14,19-20,31-32,44H,3-4H2,(H,34,35)(H2,22,24,25)(H3,23,27,28,33). The summed E-state index contributed by atoms with van der Waals surface area (Å²) in [6.45, 7) is -0.974. The van der Waals surface area contributed by atoms with Gasteiger partial charge in [0.1, 0.15) is 54.4 Å². The van der Waals surface area contributed by atoms with Crippen LogP contribution in [-0.4, -0.2) is 99.0 Å². The molecule has 3 aliphatic rings. The van der Waals surface area contributed by atoms with Crippen LogP contribution >= 0.6 is 27.6 Å². The molecule has 2 bridgehead atoms. The molecule has 0 radical (unpaired) electrons. The third-order valence-electron chi connectivity index (χ3n) is 7.38. The van der Waals surface area contributed by atoms with Gasteiger partial charge in [-0.25, -0.2) is 19.5 Å². The van der Waals surface area contributed by atoms with E-state index in [4.69, 9.17) is 39.0 Å². The smallest absolute Gasteiger partial charge is 0.387 e. The second kappa shape index (κ2) is 11.2. The molecule has 20 nitrogen and oxygen atoms in total. The van der Waals surface area contributed by atoms with Gasteiger partial charge in [-0.3, -0.25) is 23.4 Å². The van der Waals surface area contributed by atoms with Crippen LogP contribution in [0.3, 0.4) is 0 Å². The van der Waals surface area contributed by atoms with Crippen LogP contribution in [0.15, 0.2) is 29.7 Å². The maximum atomic E-state index is 13.1. The molecule has 3 fully saturated rings. The number of nitrogen functional groups attached to an aromatic ring is 2. The van der Waals surface area contributed by atoms with Gasteiger partial charge in [0.05, 0.1) is 24.9 Å². The molecule has 0 spiro atoms. The Morgan fingerprint density at radius 1 is 1.05 bits per heavy atom. The summed E-state index contributed by atoms with van der Waals surface area (Å²) in [7, 11) is -6.99. The van der Waals surface area contributed by atoms with E-state index in [-0.39, 0.29) is 29.5 Å². The fraction of sp³-hybridized carbons (Fsp3) is 0.476. The SMILES string of the molecule is Nc1nc2c(ncn2C2OC3COP(=O)(O)OC4C(COP(S)OC2C3O)OC(n2ccc3c(N)ncnc32)C4O)c(=O)[nH]1. The number of anilines is 2. The van der Waals surface area contributed by atoms with E-state index < -0.39 is 76.6 Å². The number of phosphoric acid groups is 1. The molecule has 4 aromatic rings. The average molecular weight is 673 g/mol. The number of aromatic amines is 1. The quantitative estimate of drug-likeness (QED) is 0.102. The molecule has 3 saturated heterocycles. The number of nitrogens with two attached hydrogens (primary N) is 2. The van der Waals surface area contributed by atoms with Crippen LogP contribution in [0.25, 0.3) is 22.2 Å². The minimum atomic E-state index is -4.91. The monoisotopic (exact) mass is 673 g/mol. The Bertz CT molecular complexity index is 1820. The molecule has 0 aromatic carbocycles. The molecule has 3 aliphatic heterocycles. The number of imidazole rings is 1. The predicted octanol–water partition coefficient (Wildman–Crippen LogP) is -0.680. The molecule has 10 unspecified atom stereocenters. The lowest BCUT2D eigenvalue weighted by atomic mass is 10.1. The maximum absolute atomic E-state index is 13.1. The van der Waals surface area contributed by atoms with Crippen molar-refractivity contribution in [1.29, 1.82) is 0 Å². The predicted molar refractivity (Wildman–Crippen MR) is 152 cm³/mol. The molecule has 0 saturated carbocycles. The Morgan fingerprint density at radius 3 is 2.66 bits per heavy atom. The van der Waals surface area contributed by atoms with Crippen molar-refractivity contribution < 1.29 is 47.2 Å². The molecule has 0 amide bonds. The van der Waals surface area contributed by atoms with Crippen molar-refractivity contribution >= 4 is 61.6 Å². The van der Waals surface area contributed by atoms with Crippen molar-refractivity contribution in [2.45, 2.75) is 49.1 Å². The van der Waals surface area contributed by atoms with Gasteiger partial charge in [0.15, 0.2) is 23.6 Å². The van der Waals surface area contributed by atoms with Crippen molar-refractivity contribution in [2.75, 3.05) is 24.7 Å². The number of H-pyrrole nitrogens is 1. The first-order valence-electron chi connectivity index (χ1n) is 12.9. The summed E-state index contributed by atoms with van der Waals surface area (Å²) < 4.78 is 50.2. The number of ether oxygens (including phenoxy) is 2. The summed E-state index contributed by atoms with van der Waals surface area (Å²) in [4.78, 5) is 41.6. The van der Waals surface area contributed by atoms with Crippen LogP contribution in [0.1, 0.15) is 12.5 Å². The zero-order valence-electron chi connectivity index (χ0n) is 22.1. The van der Waals surface area contributed by atoms with E-state index in [0.29, 0.717) is 11.0 Å². The Hall–Kier alpha value is -2.78. The first-order valence-corrected chi connectivity index (χ1v) is 16.7. The van der Waals surface area contributed by atoms with E-state index in [1.165, 1.54) is 21.8 Å². The van der Waals surface area contributed by atoms with Crippen molar-refractivity contribution in [3.63, 3.8) is 0 Å². The van der Waals surface area contributed by atoms with E-state index in [2.05, 4.69) is 37.2 Å². The van der Waals surface area contributed by atoms with Crippen molar-refractivity contribution in [2.24, 2.45) is 0 Å². The summed E-state index contributed by atoms with van der Waals surface area (Å²) in [6.07, 6.45) is -6.18. The molecule has 0 aliphatic carbocycles. The minimum absolute atomic E-state index is 0.0344. The number of aliphatic hydroxyl groups is 2. The number of hydrogen-bond acceptors (Lipinski definition) is 17. The van der Waals surface area contributed by atoms with E-state index in [1.54, 1.807) is 12.3 Å². The second-order valence-electron chi connectivity index (χ2n) is 10.0. The van der Waals surface area contributed by atoms with Crippen LogP contribution in [0.5, 0.6) is 0 Å². The second-order valence-corrected chi connectivity index (χ2v) is 13.4. The number of nitrogens with zero attached hydrogens (tertiary/aromatic N) is 6. The molecule has 8 N–H and O–H groups in total. The van der Waals surface area contributed by atoms with Gasteiger partial charge in [-0.05, 0) is 6.07 Å². The van der Waals surface area contributed by atoms with E-state index in [0.717, 1.165) is 0 Å². The topological polar surface area (TPSA) is 279 Å². The third kappa shape index (κ3) is 5.17. The number of phosphoric ester groups is 1. The van der Waals surface area contributed by atoms with Gasteiger partial charge in [-0.2, -0.15) is 4.98 Å². The highest BCUT2D eigenvalue weighted by Gasteiger charge is 2.52. The Balaban J connectivity index is 1.18. The molecule has 23 heteroatoms. The van der Waals surface area contributed by atoms with Gasteiger partial charge in [0.25, 0.3) is 5.56 Å². The fourth-order valence-electron chi connectivity index (χ4n) is 5.36. The number of aliphatic hydroxyl groups excluding tert-OH is 2. The fourth-order valence-corrected chi connectivity index (χ4v) is 7.62. The van der Waals surface area contributed by atoms with E-state index >= 15 is 0 Å². The van der Waals surface area contributed by atoms with Gasteiger partial charge >= 0.3 is 7.82 Å². The minimum Gasteiger partial charge on any atom is -0.387 e. The van der Waals surface area contributed by atoms with Crippen molar-refractivity contribution in [1.82, 2.24) is 34.1 Å². The summed E-state index contributed by atoms with van der Waals surface area (Å²) in [5.41, 5.74) is 11.4. The van der Waals surface area contributed by atoms with Gasteiger partial charge in [0, 0.05) is 6.20 Å². The van der Waals surface area contributed by atoms with Gasteiger partial charge < -0.3 is 49.7 Å². The van der Waals surface area contributed by atoms with Crippen LogP contribution in [0.4, 0.5) is 11.8 Å². The molecule has 44 heavy (non-hydrogen) atoms. The highest BCUT2D eigenvalue weighted by Crippen LogP contribution is 2.53. The van der Waals surface area contributed by atoms with E-state index in [1.807, 2.05) is 0 Å². The Morgan fingerprint density at radius 2 is 1.84 bits per heavy atom. The summed E-state index contributed by atoms with van der Waals surface area (Å²) >= 11 is 4.40. The van der Waals surface area contributed by atoms with Crippen molar-refractivity contribution in [3.8, 4) is 0 Å². The van der Waals surface area contributed by atoms with Crippen LogP contribution in [0, 0.1) is 0 Å². The van der Waals surface area contributed by atoms with E-state index in [9.17, 15) is 24.5 Å². The molecular weight excluding hydrogens is 648 g/mol. The first-order chi connectivity index (χ1) is 21.0. The summed E-state index contributed by atoms with van der Waals surface area (Å²) in [5.74, 6) is 0.0254. The summed E-state index contributed by atoms with van der Waals surface area (Å²) in [5, 5.41) is 22.8. The molecule has 236 valence electrons. The zero-order chi connectivity index (χ0) is 30.9. The number of hydrogen-bond donors (Lipinski definition) is 7. The normalized spacial score (nSPS) is 36.6. The van der Waals surface area contributed by atoms with Gasteiger partial charge in [-0.15, -0.1) is 0 Å². The highest BCUT2D eigenvalue weighted by molar-refractivity contribution is 8.41. The largest absolute Gasteiger partial charge is 0.472 e. The van der Waals surface area contributed by atoms with Gasteiger partial charge in [0.2, 0.25) is 13.5 Å². The lowest BCUT2D eigenvalue weighted by Crippen LogP contribution is -2.36. The highest BCUT2D eigenvalue weighted by atomic mass is 32.7. The average Bonchev–Trinajstić information content (AvgIpc) is 3.72. The first kappa shape index (κ1) is 29.9. The Labute approximate surface area is 251 Å². The van der Waals surface area contributed by atoms with Crippen LogP contribution in [0.2, 0.25) is 0 Å². The molecule has 7 heterocycles. The lowest BCUT2D eigenvalue weighted by Gasteiger charge is -2.26. The maximum Gasteiger partial charge on any atom is 0.472 e. The molecule has 10 atom stereocenters. The number of nitrogens with one attached hydrogen (secondary N) is 1. The molecule has 7 rings (SSSR count). The molecule has 4 aromatic heterocycles. The number of fused-ring (bicyclic) bond motifs is 5. The Kier molecular flexibility index (Phi) is 7.63. The number of thiol groups is 1. The number of aromatic nitrogens is 7. The van der Waals surface area contributed by atoms with Crippen molar-refractivity contribution in [3.05, 3.63) is 35.3 Å². The lowest BCUT2D eigenvalue weighted by molar-refractivity contribution is -0.0600. The van der Waals surface area contributed by atoms with Gasteiger partial charge in [-0.1, -0.05) is 12.2 Å². The van der Waals surface area contributed by atoms with Crippen LogP contribution in [-0.2, 0) is 32.1 Å². The molecular formula is C21H25N9O11P2S. The number of rotatable bonds is 2. The summed E-state index contributed by atoms with van der Waals surface area (Å²) in [6, 6.07) is 1.63.